The van der Waals surface area contributed by atoms with E-state index in [9.17, 15) is 19.1 Å². The summed E-state index contributed by atoms with van der Waals surface area (Å²) < 4.78 is 30.6. The summed E-state index contributed by atoms with van der Waals surface area (Å²) in [7, 11) is 4.34. The average Bonchev–Trinajstić information content (AvgIpc) is 3.46. The number of para-hydroxylation sites is 1. The van der Waals surface area contributed by atoms with Gasteiger partial charge in [0.05, 0.1) is 32.9 Å². The number of aliphatic hydroxyl groups excluding tert-OH is 1. The van der Waals surface area contributed by atoms with Crippen molar-refractivity contribution in [1.82, 2.24) is 4.98 Å². The number of H-pyrrole nitrogens is 1. The Bertz CT molecular complexity index is 1550. The highest BCUT2D eigenvalue weighted by atomic mass is 19.1. The van der Waals surface area contributed by atoms with E-state index in [1.807, 2.05) is 12.1 Å². The molecule has 1 fully saturated rings. The molecule has 9 heteroatoms. The molecule has 1 atom stereocenters. The Labute approximate surface area is 211 Å². The maximum atomic E-state index is 14.2. The van der Waals surface area contributed by atoms with Crippen molar-refractivity contribution >= 4 is 34.0 Å². The van der Waals surface area contributed by atoms with Gasteiger partial charge in [-0.2, -0.15) is 0 Å². The number of Topliss-reactive ketones (excluding diaryl/α,β-unsaturated/α-hetero) is 1. The first-order valence-electron chi connectivity index (χ1n) is 11.3. The van der Waals surface area contributed by atoms with Crippen LogP contribution >= 0.6 is 0 Å². The highest BCUT2D eigenvalue weighted by Crippen LogP contribution is 2.47. The molecule has 2 heterocycles. The number of aromatic amines is 1. The molecule has 37 heavy (non-hydrogen) atoms. The van der Waals surface area contributed by atoms with E-state index in [2.05, 4.69) is 4.98 Å². The fourth-order valence-corrected chi connectivity index (χ4v) is 4.71. The van der Waals surface area contributed by atoms with Gasteiger partial charge in [0, 0.05) is 28.4 Å². The zero-order valence-corrected chi connectivity index (χ0v) is 20.2. The van der Waals surface area contributed by atoms with Crippen LogP contribution in [0.5, 0.6) is 17.2 Å². The number of carbonyl (C=O) groups excluding carboxylic acids is 2. The minimum absolute atomic E-state index is 0.152. The number of ether oxygens (including phenoxy) is 3. The van der Waals surface area contributed by atoms with Crippen molar-refractivity contribution < 1.29 is 33.3 Å². The molecular formula is C28H23FN2O6. The topological polar surface area (TPSA) is 101 Å². The van der Waals surface area contributed by atoms with Gasteiger partial charge in [0.2, 0.25) is 5.75 Å². The third-order valence-corrected chi connectivity index (χ3v) is 6.38. The van der Waals surface area contributed by atoms with Crippen LogP contribution in [0.25, 0.3) is 16.7 Å². The molecule has 5 rings (SSSR count). The van der Waals surface area contributed by atoms with E-state index in [1.165, 1.54) is 39.5 Å². The summed E-state index contributed by atoms with van der Waals surface area (Å²) >= 11 is 0. The lowest BCUT2D eigenvalue weighted by Gasteiger charge is -2.26. The molecule has 0 aliphatic carbocycles. The summed E-state index contributed by atoms with van der Waals surface area (Å²) in [6.07, 6.45) is 1.57. The predicted octanol–water partition coefficient (Wildman–Crippen LogP) is 4.96. The van der Waals surface area contributed by atoms with Crippen molar-refractivity contribution in [3.05, 3.63) is 89.4 Å². The molecule has 1 saturated heterocycles. The van der Waals surface area contributed by atoms with Crippen LogP contribution in [0.3, 0.4) is 0 Å². The lowest BCUT2D eigenvalue weighted by molar-refractivity contribution is -0.132. The molecule has 4 aromatic rings. The molecule has 0 spiro atoms. The van der Waals surface area contributed by atoms with E-state index in [-0.39, 0.29) is 28.5 Å². The van der Waals surface area contributed by atoms with Crippen LogP contribution in [-0.4, -0.2) is 43.1 Å². The SMILES string of the molecule is COc1cc(C2/C(=C(/O)c3c[nH]c4ccccc34)C(=O)C(=O)N2c2cccc(F)c2)cc(OC)c1OC. The van der Waals surface area contributed by atoms with Gasteiger partial charge < -0.3 is 24.3 Å². The molecule has 8 nitrogen and oxygen atoms in total. The smallest absolute Gasteiger partial charge is 0.300 e. The molecule has 0 radical (unpaired) electrons. The lowest BCUT2D eigenvalue weighted by atomic mass is 9.94. The van der Waals surface area contributed by atoms with Crippen molar-refractivity contribution in [3.8, 4) is 17.2 Å². The number of amides is 1. The molecule has 1 aliphatic heterocycles. The zero-order valence-electron chi connectivity index (χ0n) is 20.2. The Morgan fingerprint density at radius 1 is 0.946 bits per heavy atom. The van der Waals surface area contributed by atoms with Crippen molar-refractivity contribution in [2.75, 3.05) is 26.2 Å². The Kier molecular flexibility index (Phi) is 6.04. The number of aromatic nitrogens is 1. The lowest BCUT2D eigenvalue weighted by Crippen LogP contribution is -2.29. The number of anilines is 1. The third kappa shape index (κ3) is 3.85. The number of aliphatic hydroxyl groups is 1. The number of nitrogens with zero attached hydrogens (tertiary/aromatic N) is 1. The standard InChI is InChI=1S/C28H23FN2O6/c1-35-21-11-15(12-22(36-2)27(21)37-3)24-23(25(32)19-14-30-20-10-5-4-9-18(19)20)26(33)28(34)31(24)17-8-6-7-16(29)13-17/h4-14,24,30,32H,1-3H3/b25-23-. The summed E-state index contributed by atoms with van der Waals surface area (Å²) in [6, 6.07) is 14.7. The van der Waals surface area contributed by atoms with Gasteiger partial charge in [-0.3, -0.25) is 14.5 Å². The number of rotatable bonds is 6. The second-order valence-electron chi connectivity index (χ2n) is 8.36. The van der Waals surface area contributed by atoms with E-state index in [4.69, 9.17) is 14.2 Å². The van der Waals surface area contributed by atoms with Gasteiger partial charge >= 0.3 is 0 Å². The number of fused-ring (bicyclic) bond motifs is 1. The molecular weight excluding hydrogens is 479 g/mol. The second kappa shape index (κ2) is 9.34. The van der Waals surface area contributed by atoms with Crippen LogP contribution in [0.2, 0.25) is 0 Å². The summed E-state index contributed by atoms with van der Waals surface area (Å²) in [4.78, 5) is 31.1. The van der Waals surface area contributed by atoms with E-state index in [0.717, 1.165) is 16.5 Å². The maximum Gasteiger partial charge on any atom is 0.300 e. The van der Waals surface area contributed by atoms with Crippen LogP contribution in [0.15, 0.2) is 72.4 Å². The fourth-order valence-electron chi connectivity index (χ4n) is 4.71. The monoisotopic (exact) mass is 502 g/mol. The minimum atomic E-state index is -1.12. The molecule has 2 N–H and O–H groups in total. The van der Waals surface area contributed by atoms with Crippen molar-refractivity contribution in [1.29, 1.82) is 0 Å². The largest absolute Gasteiger partial charge is 0.507 e. The summed E-state index contributed by atoms with van der Waals surface area (Å²) in [6.45, 7) is 0. The molecule has 1 unspecified atom stereocenters. The molecule has 1 aromatic heterocycles. The van der Waals surface area contributed by atoms with Crippen molar-refractivity contribution in [2.24, 2.45) is 0 Å². The van der Waals surface area contributed by atoms with E-state index < -0.39 is 23.5 Å². The first kappa shape index (κ1) is 23.9. The van der Waals surface area contributed by atoms with Gasteiger partial charge in [-0.1, -0.05) is 24.3 Å². The van der Waals surface area contributed by atoms with Gasteiger partial charge in [0.15, 0.2) is 11.5 Å². The van der Waals surface area contributed by atoms with Crippen molar-refractivity contribution in [2.45, 2.75) is 6.04 Å². The molecule has 188 valence electrons. The number of carbonyl (C=O) groups is 2. The Morgan fingerprint density at radius 3 is 2.30 bits per heavy atom. The number of benzene rings is 3. The number of ketones is 1. The van der Waals surface area contributed by atoms with Crippen LogP contribution in [-0.2, 0) is 9.59 Å². The molecule has 0 saturated carbocycles. The number of methoxy groups -OCH3 is 3. The highest BCUT2D eigenvalue weighted by molar-refractivity contribution is 6.51. The molecule has 1 aliphatic rings. The quantitative estimate of drug-likeness (QED) is 0.220. The second-order valence-corrected chi connectivity index (χ2v) is 8.36. The van der Waals surface area contributed by atoms with Gasteiger partial charge in [-0.25, -0.2) is 4.39 Å². The highest BCUT2D eigenvalue weighted by Gasteiger charge is 2.47. The Morgan fingerprint density at radius 2 is 1.65 bits per heavy atom. The van der Waals surface area contributed by atoms with Crippen molar-refractivity contribution in [3.63, 3.8) is 0 Å². The molecule has 0 bridgehead atoms. The zero-order chi connectivity index (χ0) is 26.3. The molecule has 3 aromatic carbocycles. The van der Waals surface area contributed by atoms with Gasteiger partial charge in [0.25, 0.3) is 11.7 Å². The van der Waals surface area contributed by atoms with E-state index >= 15 is 0 Å². The van der Waals surface area contributed by atoms with Crippen LogP contribution in [0, 0.1) is 5.82 Å². The predicted molar refractivity (Wildman–Crippen MR) is 136 cm³/mol. The first-order chi connectivity index (χ1) is 17.9. The number of hydrogen-bond donors (Lipinski definition) is 2. The van der Waals surface area contributed by atoms with Crippen LogP contribution < -0.4 is 19.1 Å². The average molecular weight is 502 g/mol. The fraction of sp³-hybridized carbons (Fsp3) is 0.143. The van der Waals surface area contributed by atoms with Gasteiger partial charge in [-0.15, -0.1) is 0 Å². The van der Waals surface area contributed by atoms with Crippen LogP contribution in [0.4, 0.5) is 10.1 Å². The third-order valence-electron chi connectivity index (χ3n) is 6.38. The number of halogens is 1. The Hall–Kier alpha value is -4.79. The molecule has 1 amide bonds. The summed E-state index contributed by atoms with van der Waals surface area (Å²) in [5.74, 6) is -1.89. The van der Waals surface area contributed by atoms with E-state index in [0.29, 0.717) is 22.3 Å². The van der Waals surface area contributed by atoms with Gasteiger partial charge in [0.1, 0.15) is 11.6 Å². The first-order valence-corrected chi connectivity index (χ1v) is 11.3. The van der Waals surface area contributed by atoms with E-state index in [1.54, 1.807) is 30.5 Å². The summed E-state index contributed by atoms with van der Waals surface area (Å²) in [5.41, 5.74) is 1.48. The van der Waals surface area contributed by atoms with Crippen LogP contribution in [0.1, 0.15) is 17.2 Å². The number of hydrogen-bond acceptors (Lipinski definition) is 6. The number of nitrogens with one attached hydrogen (secondary N) is 1. The normalized spacial score (nSPS) is 16.9. The minimum Gasteiger partial charge on any atom is -0.507 e. The van der Waals surface area contributed by atoms with Gasteiger partial charge in [-0.05, 0) is 42.0 Å². The maximum absolute atomic E-state index is 14.2. The summed E-state index contributed by atoms with van der Waals surface area (Å²) in [5, 5.41) is 12.2. The Balaban J connectivity index is 1.81.